The molecular weight excluding hydrogens is 308 g/mol. The summed E-state index contributed by atoms with van der Waals surface area (Å²) in [4.78, 5) is 12.1. The van der Waals surface area contributed by atoms with Gasteiger partial charge in [-0.1, -0.05) is 22.9 Å². The summed E-state index contributed by atoms with van der Waals surface area (Å²) in [5.41, 5.74) is 7.10. The zero-order valence-corrected chi connectivity index (χ0v) is 12.6. The molecule has 0 spiro atoms. The summed E-state index contributed by atoms with van der Waals surface area (Å²) in [7, 11) is 0. The first-order valence-electron chi connectivity index (χ1n) is 6.20. The summed E-state index contributed by atoms with van der Waals surface area (Å²) in [5.74, 6) is 0.435. The standard InChI is InChI=1S/C14H17BrN2O2/c1-8(6-16)7-17-14(18)13-9(2)11-5-10(15)3-4-12(11)19-13/h3-5,8H,6-7,16H2,1-2H3,(H,17,18). The van der Waals surface area contributed by atoms with Crippen molar-refractivity contribution in [1.29, 1.82) is 0 Å². The van der Waals surface area contributed by atoms with Crippen molar-refractivity contribution in [2.24, 2.45) is 11.7 Å². The highest BCUT2D eigenvalue weighted by molar-refractivity contribution is 9.10. The number of halogens is 1. The maximum atomic E-state index is 12.1. The number of hydrogen-bond acceptors (Lipinski definition) is 3. The van der Waals surface area contributed by atoms with Crippen molar-refractivity contribution in [2.45, 2.75) is 13.8 Å². The van der Waals surface area contributed by atoms with E-state index in [1.807, 2.05) is 32.0 Å². The molecule has 1 unspecified atom stereocenters. The maximum absolute atomic E-state index is 12.1. The largest absolute Gasteiger partial charge is 0.451 e. The summed E-state index contributed by atoms with van der Waals surface area (Å²) in [5, 5.41) is 3.79. The van der Waals surface area contributed by atoms with Gasteiger partial charge in [-0.25, -0.2) is 0 Å². The lowest BCUT2D eigenvalue weighted by atomic mass is 10.1. The van der Waals surface area contributed by atoms with Gasteiger partial charge >= 0.3 is 0 Å². The van der Waals surface area contributed by atoms with Crippen molar-refractivity contribution in [3.8, 4) is 0 Å². The number of hydrogen-bond donors (Lipinski definition) is 2. The van der Waals surface area contributed by atoms with E-state index in [1.54, 1.807) is 0 Å². The Labute approximate surface area is 120 Å². The van der Waals surface area contributed by atoms with Gasteiger partial charge in [0.05, 0.1) is 0 Å². The zero-order chi connectivity index (χ0) is 14.0. The average molecular weight is 325 g/mol. The van der Waals surface area contributed by atoms with Crippen LogP contribution in [0.5, 0.6) is 0 Å². The fraction of sp³-hybridized carbons (Fsp3) is 0.357. The van der Waals surface area contributed by atoms with E-state index < -0.39 is 0 Å². The van der Waals surface area contributed by atoms with Crippen molar-refractivity contribution in [3.05, 3.63) is 34.0 Å². The Morgan fingerprint density at radius 2 is 2.26 bits per heavy atom. The number of benzene rings is 1. The highest BCUT2D eigenvalue weighted by atomic mass is 79.9. The fourth-order valence-corrected chi connectivity index (χ4v) is 2.20. The number of fused-ring (bicyclic) bond motifs is 1. The maximum Gasteiger partial charge on any atom is 0.287 e. The van der Waals surface area contributed by atoms with E-state index in [-0.39, 0.29) is 11.8 Å². The van der Waals surface area contributed by atoms with Crippen molar-refractivity contribution in [2.75, 3.05) is 13.1 Å². The molecule has 2 rings (SSSR count). The van der Waals surface area contributed by atoms with Gasteiger partial charge in [0.25, 0.3) is 5.91 Å². The van der Waals surface area contributed by atoms with Gasteiger partial charge in [0.1, 0.15) is 5.58 Å². The van der Waals surface area contributed by atoms with E-state index in [9.17, 15) is 4.79 Å². The first-order chi connectivity index (χ1) is 9.02. The molecule has 0 aliphatic carbocycles. The zero-order valence-electron chi connectivity index (χ0n) is 11.0. The Hall–Kier alpha value is -1.33. The van der Waals surface area contributed by atoms with Crippen LogP contribution in [0.2, 0.25) is 0 Å². The van der Waals surface area contributed by atoms with Crippen molar-refractivity contribution >= 4 is 32.8 Å². The van der Waals surface area contributed by atoms with E-state index >= 15 is 0 Å². The normalized spacial score (nSPS) is 12.6. The number of rotatable bonds is 4. The molecule has 0 aliphatic rings. The van der Waals surface area contributed by atoms with Crippen LogP contribution in [0.4, 0.5) is 0 Å². The highest BCUT2D eigenvalue weighted by Gasteiger charge is 2.17. The SMILES string of the molecule is Cc1c(C(=O)NCC(C)CN)oc2ccc(Br)cc12. The molecule has 1 atom stereocenters. The summed E-state index contributed by atoms with van der Waals surface area (Å²) in [6, 6.07) is 5.70. The molecule has 0 radical (unpaired) electrons. The Bertz CT molecular complexity index is 607. The molecule has 0 fully saturated rings. The minimum Gasteiger partial charge on any atom is -0.451 e. The molecule has 4 nitrogen and oxygen atoms in total. The van der Waals surface area contributed by atoms with Crippen molar-refractivity contribution < 1.29 is 9.21 Å². The van der Waals surface area contributed by atoms with Gasteiger partial charge in [-0.15, -0.1) is 0 Å². The lowest BCUT2D eigenvalue weighted by Crippen LogP contribution is -2.31. The summed E-state index contributed by atoms with van der Waals surface area (Å²) < 4.78 is 6.58. The van der Waals surface area contributed by atoms with Crippen LogP contribution in [0.25, 0.3) is 11.0 Å². The van der Waals surface area contributed by atoms with E-state index in [0.717, 1.165) is 21.0 Å². The fourth-order valence-electron chi connectivity index (χ4n) is 1.84. The van der Waals surface area contributed by atoms with Gasteiger partial charge in [-0.05, 0) is 37.6 Å². The molecule has 5 heteroatoms. The first-order valence-corrected chi connectivity index (χ1v) is 6.99. The van der Waals surface area contributed by atoms with Crippen LogP contribution < -0.4 is 11.1 Å². The van der Waals surface area contributed by atoms with E-state index in [4.69, 9.17) is 10.2 Å². The number of furan rings is 1. The van der Waals surface area contributed by atoms with Crippen molar-refractivity contribution in [3.63, 3.8) is 0 Å². The van der Waals surface area contributed by atoms with Gasteiger partial charge in [-0.2, -0.15) is 0 Å². The predicted molar refractivity (Wildman–Crippen MR) is 79.2 cm³/mol. The quantitative estimate of drug-likeness (QED) is 0.908. The van der Waals surface area contributed by atoms with Crippen LogP contribution in [0.15, 0.2) is 27.1 Å². The van der Waals surface area contributed by atoms with E-state index in [1.165, 1.54) is 0 Å². The first kappa shape index (κ1) is 14.1. The Morgan fingerprint density at radius 3 is 2.95 bits per heavy atom. The molecule has 0 saturated heterocycles. The predicted octanol–water partition coefficient (Wildman–Crippen LogP) is 2.83. The molecule has 3 N–H and O–H groups in total. The topological polar surface area (TPSA) is 68.3 Å². The third-order valence-corrected chi connectivity index (χ3v) is 3.61. The molecule has 0 bridgehead atoms. The van der Waals surface area contributed by atoms with Gasteiger partial charge in [0.2, 0.25) is 0 Å². The Morgan fingerprint density at radius 1 is 1.53 bits per heavy atom. The number of nitrogens with one attached hydrogen (secondary N) is 1. The highest BCUT2D eigenvalue weighted by Crippen LogP contribution is 2.27. The van der Waals surface area contributed by atoms with Gasteiger partial charge in [0, 0.05) is 22.0 Å². The molecule has 19 heavy (non-hydrogen) atoms. The average Bonchev–Trinajstić information content (AvgIpc) is 2.73. The van der Waals surface area contributed by atoms with Crippen LogP contribution >= 0.6 is 15.9 Å². The number of amides is 1. The number of aryl methyl sites for hydroxylation is 1. The lowest BCUT2D eigenvalue weighted by Gasteiger charge is -2.08. The minimum absolute atomic E-state index is 0.190. The Balaban J connectivity index is 2.25. The van der Waals surface area contributed by atoms with Gasteiger partial charge in [-0.3, -0.25) is 4.79 Å². The smallest absolute Gasteiger partial charge is 0.287 e. The molecule has 1 aromatic carbocycles. The van der Waals surface area contributed by atoms with Crippen LogP contribution in [-0.2, 0) is 0 Å². The number of nitrogens with two attached hydrogens (primary N) is 1. The summed E-state index contributed by atoms with van der Waals surface area (Å²) in [6.07, 6.45) is 0. The molecule has 1 heterocycles. The molecule has 0 aliphatic heterocycles. The minimum atomic E-state index is -0.190. The second kappa shape index (κ2) is 5.75. The second-order valence-electron chi connectivity index (χ2n) is 4.75. The van der Waals surface area contributed by atoms with Gasteiger partial charge < -0.3 is 15.5 Å². The lowest BCUT2D eigenvalue weighted by molar-refractivity contribution is 0.0922. The molecule has 0 saturated carbocycles. The molecule has 1 aromatic heterocycles. The molecule has 102 valence electrons. The van der Waals surface area contributed by atoms with Crippen LogP contribution in [0, 0.1) is 12.8 Å². The van der Waals surface area contributed by atoms with Crippen LogP contribution in [0.3, 0.4) is 0 Å². The van der Waals surface area contributed by atoms with Crippen molar-refractivity contribution in [1.82, 2.24) is 5.32 Å². The number of carbonyl (C=O) groups is 1. The molecular formula is C14H17BrN2O2. The Kier molecular flexibility index (Phi) is 4.27. The third kappa shape index (κ3) is 2.98. The third-order valence-electron chi connectivity index (χ3n) is 3.12. The van der Waals surface area contributed by atoms with E-state index in [2.05, 4.69) is 21.2 Å². The summed E-state index contributed by atoms with van der Waals surface area (Å²) >= 11 is 3.42. The molecule has 1 amide bonds. The van der Waals surface area contributed by atoms with Crippen LogP contribution in [-0.4, -0.2) is 19.0 Å². The monoisotopic (exact) mass is 324 g/mol. The van der Waals surface area contributed by atoms with Crippen LogP contribution in [0.1, 0.15) is 23.0 Å². The van der Waals surface area contributed by atoms with Gasteiger partial charge in [0.15, 0.2) is 5.76 Å². The number of carbonyl (C=O) groups excluding carboxylic acids is 1. The molecule has 2 aromatic rings. The van der Waals surface area contributed by atoms with E-state index in [0.29, 0.717) is 18.8 Å². The second-order valence-corrected chi connectivity index (χ2v) is 5.66. The summed E-state index contributed by atoms with van der Waals surface area (Å²) in [6.45, 7) is 4.98.